The third-order valence-electron chi connectivity index (χ3n) is 3.84. The molecule has 0 aromatic carbocycles. The van der Waals surface area contributed by atoms with E-state index in [2.05, 4.69) is 5.32 Å². The van der Waals surface area contributed by atoms with E-state index in [1.165, 1.54) is 0 Å². The number of carboxylic acids is 1. The monoisotopic (exact) mass is 270 g/mol. The maximum absolute atomic E-state index is 12.1. The summed E-state index contributed by atoms with van der Waals surface area (Å²) in [7, 11) is 0. The number of urea groups is 1. The Labute approximate surface area is 115 Å². The van der Waals surface area contributed by atoms with E-state index in [0.717, 1.165) is 32.2 Å². The standard InChI is InChI=1S/C14H26N2O3/c1-4-8-16(10(2)3)14(19)15-9-11-6-5-7-12(11)13(17)18/h10-12H,4-9H2,1-3H3,(H,15,19)(H,17,18). The minimum Gasteiger partial charge on any atom is -0.481 e. The van der Waals surface area contributed by atoms with Gasteiger partial charge >= 0.3 is 12.0 Å². The van der Waals surface area contributed by atoms with E-state index in [-0.39, 0.29) is 23.9 Å². The summed E-state index contributed by atoms with van der Waals surface area (Å²) in [5.41, 5.74) is 0. The Morgan fingerprint density at radius 1 is 1.37 bits per heavy atom. The lowest BCUT2D eigenvalue weighted by molar-refractivity contribution is -0.142. The fourth-order valence-corrected chi connectivity index (χ4v) is 2.76. The van der Waals surface area contributed by atoms with E-state index >= 15 is 0 Å². The van der Waals surface area contributed by atoms with Gasteiger partial charge in [-0.25, -0.2) is 4.79 Å². The Balaban J connectivity index is 2.46. The predicted molar refractivity (Wildman–Crippen MR) is 74.0 cm³/mol. The van der Waals surface area contributed by atoms with E-state index in [0.29, 0.717) is 6.54 Å². The first kappa shape index (κ1) is 15.8. The lowest BCUT2D eigenvalue weighted by Gasteiger charge is -2.27. The van der Waals surface area contributed by atoms with Crippen LogP contribution in [0.2, 0.25) is 0 Å². The van der Waals surface area contributed by atoms with Gasteiger partial charge in [0.1, 0.15) is 0 Å². The second-order valence-corrected chi connectivity index (χ2v) is 5.61. The highest BCUT2D eigenvalue weighted by Gasteiger charge is 2.33. The number of hydrogen-bond donors (Lipinski definition) is 2. The molecule has 0 aromatic rings. The Morgan fingerprint density at radius 3 is 2.58 bits per heavy atom. The molecule has 2 atom stereocenters. The van der Waals surface area contributed by atoms with Crippen LogP contribution in [0.3, 0.4) is 0 Å². The zero-order valence-electron chi connectivity index (χ0n) is 12.2. The van der Waals surface area contributed by atoms with E-state index in [4.69, 9.17) is 5.11 Å². The summed E-state index contributed by atoms with van der Waals surface area (Å²) < 4.78 is 0. The molecule has 0 saturated heterocycles. The van der Waals surface area contributed by atoms with Gasteiger partial charge in [-0.3, -0.25) is 4.79 Å². The number of hydrogen-bond acceptors (Lipinski definition) is 2. The summed E-state index contributed by atoms with van der Waals surface area (Å²) >= 11 is 0. The molecule has 2 unspecified atom stereocenters. The molecule has 19 heavy (non-hydrogen) atoms. The zero-order chi connectivity index (χ0) is 14.4. The molecule has 2 amide bonds. The van der Waals surface area contributed by atoms with Crippen molar-refractivity contribution in [1.82, 2.24) is 10.2 Å². The molecular formula is C14H26N2O3. The van der Waals surface area contributed by atoms with Gasteiger partial charge in [-0.05, 0) is 39.0 Å². The second kappa shape index (κ2) is 7.36. The van der Waals surface area contributed by atoms with Crippen LogP contribution in [0.5, 0.6) is 0 Å². The van der Waals surface area contributed by atoms with Crippen molar-refractivity contribution in [2.45, 2.75) is 52.5 Å². The summed E-state index contributed by atoms with van der Waals surface area (Å²) in [4.78, 5) is 24.9. The van der Waals surface area contributed by atoms with Gasteiger partial charge in [0.15, 0.2) is 0 Å². The number of carboxylic acid groups (broad SMARTS) is 1. The molecule has 1 rings (SSSR count). The van der Waals surface area contributed by atoms with Crippen molar-refractivity contribution >= 4 is 12.0 Å². The molecule has 5 nitrogen and oxygen atoms in total. The summed E-state index contributed by atoms with van der Waals surface area (Å²) in [6.07, 6.45) is 3.50. The Morgan fingerprint density at radius 2 is 2.05 bits per heavy atom. The average molecular weight is 270 g/mol. The van der Waals surface area contributed by atoms with Crippen molar-refractivity contribution in [2.75, 3.05) is 13.1 Å². The number of rotatable bonds is 6. The lowest BCUT2D eigenvalue weighted by Crippen LogP contribution is -2.46. The van der Waals surface area contributed by atoms with Gasteiger partial charge in [0.25, 0.3) is 0 Å². The molecule has 1 saturated carbocycles. The largest absolute Gasteiger partial charge is 0.481 e. The smallest absolute Gasteiger partial charge is 0.317 e. The number of carbonyl (C=O) groups excluding carboxylic acids is 1. The van der Waals surface area contributed by atoms with E-state index in [1.807, 2.05) is 20.8 Å². The molecule has 0 spiro atoms. The Hall–Kier alpha value is -1.26. The van der Waals surface area contributed by atoms with Gasteiger partial charge in [-0.1, -0.05) is 13.3 Å². The van der Waals surface area contributed by atoms with E-state index in [1.54, 1.807) is 4.90 Å². The van der Waals surface area contributed by atoms with Crippen molar-refractivity contribution in [2.24, 2.45) is 11.8 Å². The average Bonchev–Trinajstić information content (AvgIpc) is 2.81. The zero-order valence-corrected chi connectivity index (χ0v) is 12.2. The Kier molecular flexibility index (Phi) is 6.12. The van der Waals surface area contributed by atoms with Crippen molar-refractivity contribution in [3.8, 4) is 0 Å². The molecular weight excluding hydrogens is 244 g/mol. The number of aliphatic carboxylic acids is 1. The van der Waals surface area contributed by atoms with Crippen LogP contribution in [0.4, 0.5) is 4.79 Å². The number of amides is 2. The molecule has 5 heteroatoms. The maximum Gasteiger partial charge on any atom is 0.317 e. The van der Waals surface area contributed by atoms with Crippen LogP contribution in [-0.4, -0.2) is 41.1 Å². The highest BCUT2D eigenvalue weighted by molar-refractivity contribution is 5.75. The quantitative estimate of drug-likeness (QED) is 0.778. The van der Waals surface area contributed by atoms with Gasteiger partial charge in [0.05, 0.1) is 5.92 Å². The molecule has 0 radical (unpaired) electrons. The molecule has 110 valence electrons. The van der Waals surface area contributed by atoms with Crippen LogP contribution >= 0.6 is 0 Å². The van der Waals surface area contributed by atoms with Crippen LogP contribution in [0.1, 0.15) is 46.5 Å². The number of nitrogens with zero attached hydrogens (tertiary/aromatic N) is 1. The fraction of sp³-hybridized carbons (Fsp3) is 0.857. The first-order valence-corrected chi connectivity index (χ1v) is 7.24. The molecule has 0 aliphatic heterocycles. The summed E-state index contributed by atoms with van der Waals surface area (Å²) in [5.74, 6) is -0.943. The van der Waals surface area contributed by atoms with Crippen LogP contribution < -0.4 is 5.32 Å². The number of nitrogens with one attached hydrogen (secondary N) is 1. The number of carbonyl (C=O) groups is 2. The van der Waals surface area contributed by atoms with Gasteiger partial charge in [0, 0.05) is 19.1 Å². The highest BCUT2D eigenvalue weighted by atomic mass is 16.4. The third kappa shape index (κ3) is 4.40. The van der Waals surface area contributed by atoms with Gasteiger partial charge < -0.3 is 15.3 Å². The van der Waals surface area contributed by atoms with Crippen molar-refractivity contribution < 1.29 is 14.7 Å². The topological polar surface area (TPSA) is 69.6 Å². The molecule has 2 N–H and O–H groups in total. The fourth-order valence-electron chi connectivity index (χ4n) is 2.76. The molecule has 1 aliphatic carbocycles. The lowest BCUT2D eigenvalue weighted by atomic mass is 9.96. The molecule has 0 aromatic heterocycles. The summed E-state index contributed by atoms with van der Waals surface area (Å²) in [6.45, 7) is 7.23. The van der Waals surface area contributed by atoms with Crippen molar-refractivity contribution in [3.05, 3.63) is 0 Å². The van der Waals surface area contributed by atoms with Crippen LogP contribution in [0, 0.1) is 11.8 Å². The van der Waals surface area contributed by atoms with Gasteiger partial charge in [0.2, 0.25) is 0 Å². The SMILES string of the molecule is CCCN(C(=O)NCC1CCCC1C(=O)O)C(C)C. The normalized spacial score (nSPS) is 22.5. The van der Waals surface area contributed by atoms with Crippen molar-refractivity contribution in [3.63, 3.8) is 0 Å². The molecule has 1 fully saturated rings. The molecule has 1 aliphatic rings. The third-order valence-corrected chi connectivity index (χ3v) is 3.84. The van der Waals surface area contributed by atoms with Crippen LogP contribution in [0.15, 0.2) is 0 Å². The summed E-state index contributed by atoms with van der Waals surface area (Å²) in [6, 6.07) is 0.0895. The van der Waals surface area contributed by atoms with Crippen molar-refractivity contribution in [1.29, 1.82) is 0 Å². The first-order chi connectivity index (χ1) is 8.97. The first-order valence-electron chi connectivity index (χ1n) is 7.24. The van der Waals surface area contributed by atoms with E-state index < -0.39 is 5.97 Å². The Bertz CT molecular complexity index is 318. The summed E-state index contributed by atoms with van der Waals surface area (Å²) in [5, 5.41) is 12.0. The minimum absolute atomic E-state index is 0.0760. The van der Waals surface area contributed by atoms with Crippen LogP contribution in [0.25, 0.3) is 0 Å². The van der Waals surface area contributed by atoms with Crippen LogP contribution in [-0.2, 0) is 4.79 Å². The molecule has 0 bridgehead atoms. The van der Waals surface area contributed by atoms with Gasteiger partial charge in [-0.2, -0.15) is 0 Å². The second-order valence-electron chi connectivity index (χ2n) is 5.61. The van der Waals surface area contributed by atoms with Gasteiger partial charge in [-0.15, -0.1) is 0 Å². The minimum atomic E-state index is -0.731. The molecule has 0 heterocycles. The van der Waals surface area contributed by atoms with E-state index in [9.17, 15) is 9.59 Å². The maximum atomic E-state index is 12.1. The predicted octanol–water partition coefficient (Wildman–Crippen LogP) is 2.32. The highest BCUT2D eigenvalue weighted by Crippen LogP contribution is 2.31.